The molecule has 3 atom stereocenters. The van der Waals surface area contributed by atoms with Gasteiger partial charge in [-0.15, -0.1) is 0 Å². The Morgan fingerprint density at radius 1 is 0.963 bits per heavy atom. The summed E-state index contributed by atoms with van der Waals surface area (Å²) in [5, 5.41) is 28.7. The van der Waals surface area contributed by atoms with Gasteiger partial charge in [0.1, 0.15) is 6.04 Å². The molecule has 1 aromatic rings. The third-order valence-corrected chi connectivity index (χ3v) is 5.18. The number of carbonyl (C=O) groups is 3. The van der Waals surface area contributed by atoms with Crippen LogP contribution in [0.3, 0.4) is 0 Å². The number of nitrogens with zero attached hydrogens (tertiary/aromatic N) is 3. The fourth-order valence-electron chi connectivity index (χ4n) is 3.80. The first kappa shape index (κ1) is 19.0. The zero-order chi connectivity index (χ0) is 19.6. The summed E-state index contributed by atoms with van der Waals surface area (Å²) in [6, 6.07) is 8.43. The first-order valence-corrected chi connectivity index (χ1v) is 8.87. The van der Waals surface area contributed by atoms with Gasteiger partial charge in [-0.05, 0) is 18.6 Å². The van der Waals surface area contributed by atoms with Crippen molar-refractivity contribution in [1.29, 1.82) is 0 Å². The monoisotopic (exact) mass is 377 g/mol. The number of piperazine rings is 1. The van der Waals surface area contributed by atoms with Crippen molar-refractivity contribution in [2.24, 2.45) is 5.92 Å². The number of hydrogen-bond donors (Lipinski definition) is 3. The standard InChI is InChI=1S/C18H23N3O6/c22-13-10-14(17(24)25)15(21(11-13)18(26)27)16(23)20-8-6-19(7-9-20)12-4-2-1-3-5-12/h1-5,13-15,22H,6-11H2,(H,24,25)(H,26,27)/t13-,14+,15+/m1/s1. The number of carbonyl (C=O) groups excluding carboxylic acids is 1. The highest BCUT2D eigenvalue weighted by molar-refractivity contribution is 5.91. The van der Waals surface area contributed by atoms with Crippen molar-refractivity contribution >= 4 is 23.7 Å². The van der Waals surface area contributed by atoms with Gasteiger partial charge >= 0.3 is 12.1 Å². The second-order valence-corrected chi connectivity index (χ2v) is 6.86. The minimum absolute atomic E-state index is 0.139. The minimum atomic E-state index is -1.40. The Labute approximate surface area is 156 Å². The van der Waals surface area contributed by atoms with Crippen LogP contribution in [-0.4, -0.2) is 88.0 Å². The molecule has 2 aliphatic heterocycles. The van der Waals surface area contributed by atoms with Gasteiger partial charge in [-0.3, -0.25) is 14.5 Å². The molecule has 2 aliphatic rings. The average Bonchev–Trinajstić information content (AvgIpc) is 2.67. The molecule has 9 heteroatoms. The number of aliphatic carboxylic acids is 1. The molecule has 2 saturated heterocycles. The fraction of sp³-hybridized carbons (Fsp3) is 0.500. The fourth-order valence-corrected chi connectivity index (χ4v) is 3.80. The molecule has 0 aromatic heterocycles. The molecule has 1 aromatic carbocycles. The molecule has 2 fully saturated rings. The Morgan fingerprint density at radius 3 is 2.15 bits per heavy atom. The van der Waals surface area contributed by atoms with Gasteiger partial charge in [-0.1, -0.05) is 18.2 Å². The molecule has 0 radical (unpaired) electrons. The smallest absolute Gasteiger partial charge is 0.408 e. The summed E-state index contributed by atoms with van der Waals surface area (Å²) in [4.78, 5) is 40.5. The van der Waals surface area contributed by atoms with E-state index >= 15 is 0 Å². The van der Waals surface area contributed by atoms with E-state index in [1.54, 1.807) is 0 Å². The van der Waals surface area contributed by atoms with Crippen LogP contribution in [-0.2, 0) is 9.59 Å². The molecule has 0 bridgehead atoms. The Balaban J connectivity index is 1.73. The molecule has 9 nitrogen and oxygen atoms in total. The van der Waals surface area contributed by atoms with Crippen LogP contribution in [0.2, 0.25) is 0 Å². The minimum Gasteiger partial charge on any atom is -0.481 e. The number of β-amino-alcohol motifs (C(OH)–C–C–N with tert-alkyl or cyclic N) is 1. The van der Waals surface area contributed by atoms with Crippen LogP contribution in [0.1, 0.15) is 6.42 Å². The molecule has 2 amide bonds. The molecule has 27 heavy (non-hydrogen) atoms. The SMILES string of the molecule is O=C(O)[C@H]1C[C@@H](O)CN(C(=O)O)[C@@H]1C(=O)N1CCN(c2ccccc2)CC1. The predicted molar refractivity (Wildman–Crippen MR) is 95.5 cm³/mol. The number of aliphatic hydroxyl groups is 1. The maximum atomic E-state index is 13.0. The van der Waals surface area contributed by atoms with Crippen LogP contribution in [0.4, 0.5) is 10.5 Å². The molecule has 146 valence electrons. The first-order valence-electron chi connectivity index (χ1n) is 8.87. The number of para-hydroxylation sites is 1. The van der Waals surface area contributed by atoms with Gasteiger partial charge in [0, 0.05) is 31.9 Å². The van der Waals surface area contributed by atoms with Crippen molar-refractivity contribution in [3.63, 3.8) is 0 Å². The summed E-state index contributed by atoms with van der Waals surface area (Å²) in [5.74, 6) is -3.05. The van der Waals surface area contributed by atoms with E-state index in [2.05, 4.69) is 4.90 Å². The van der Waals surface area contributed by atoms with Crippen LogP contribution < -0.4 is 4.90 Å². The number of piperidine rings is 1. The van der Waals surface area contributed by atoms with Crippen molar-refractivity contribution in [3.8, 4) is 0 Å². The lowest BCUT2D eigenvalue weighted by molar-refractivity contribution is -0.156. The quantitative estimate of drug-likeness (QED) is 0.685. The van der Waals surface area contributed by atoms with E-state index < -0.39 is 36.0 Å². The number of amides is 2. The molecule has 0 spiro atoms. The lowest BCUT2D eigenvalue weighted by atomic mass is 9.86. The van der Waals surface area contributed by atoms with E-state index in [0.29, 0.717) is 26.2 Å². The zero-order valence-corrected chi connectivity index (χ0v) is 14.8. The van der Waals surface area contributed by atoms with E-state index in [9.17, 15) is 29.7 Å². The summed E-state index contributed by atoms with van der Waals surface area (Å²) in [7, 11) is 0. The number of likely N-dealkylation sites (tertiary alicyclic amines) is 1. The Hall–Kier alpha value is -2.81. The maximum Gasteiger partial charge on any atom is 0.408 e. The van der Waals surface area contributed by atoms with Crippen molar-refractivity contribution in [3.05, 3.63) is 30.3 Å². The van der Waals surface area contributed by atoms with Gasteiger partial charge in [0.15, 0.2) is 0 Å². The summed E-state index contributed by atoms with van der Waals surface area (Å²) in [6.07, 6.45) is -2.64. The molecule has 3 rings (SSSR count). The number of carboxylic acid groups (broad SMARTS) is 2. The molecular formula is C18H23N3O6. The van der Waals surface area contributed by atoms with Crippen molar-refractivity contribution in [2.45, 2.75) is 18.6 Å². The van der Waals surface area contributed by atoms with Gasteiger partial charge < -0.3 is 25.1 Å². The van der Waals surface area contributed by atoms with E-state index in [1.807, 2.05) is 30.3 Å². The summed E-state index contributed by atoms with van der Waals surface area (Å²) >= 11 is 0. The van der Waals surface area contributed by atoms with Crippen LogP contribution >= 0.6 is 0 Å². The number of rotatable bonds is 3. The van der Waals surface area contributed by atoms with E-state index in [1.165, 1.54) is 4.90 Å². The van der Waals surface area contributed by atoms with Crippen LogP contribution in [0, 0.1) is 5.92 Å². The zero-order valence-electron chi connectivity index (χ0n) is 14.8. The van der Waals surface area contributed by atoms with E-state index in [0.717, 1.165) is 10.6 Å². The molecule has 0 unspecified atom stereocenters. The van der Waals surface area contributed by atoms with Crippen molar-refractivity contribution in [1.82, 2.24) is 9.80 Å². The van der Waals surface area contributed by atoms with Crippen molar-refractivity contribution in [2.75, 3.05) is 37.6 Å². The van der Waals surface area contributed by atoms with Crippen LogP contribution in [0.5, 0.6) is 0 Å². The highest BCUT2D eigenvalue weighted by atomic mass is 16.4. The highest BCUT2D eigenvalue weighted by Gasteiger charge is 2.47. The Kier molecular flexibility index (Phi) is 5.50. The highest BCUT2D eigenvalue weighted by Crippen LogP contribution is 2.27. The largest absolute Gasteiger partial charge is 0.481 e. The molecule has 0 aliphatic carbocycles. The molecule has 0 saturated carbocycles. The molecular weight excluding hydrogens is 354 g/mol. The lowest BCUT2D eigenvalue weighted by Gasteiger charge is -2.43. The summed E-state index contributed by atoms with van der Waals surface area (Å²) in [6.45, 7) is 1.66. The average molecular weight is 377 g/mol. The topological polar surface area (TPSA) is 122 Å². The van der Waals surface area contributed by atoms with Gasteiger partial charge in [0.2, 0.25) is 5.91 Å². The molecule has 3 N–H and O–H groups in total. The van der Waals surface area contributed by atoms with Gasteiger partial charge in [-0.25, -0.2) is 4.79 Å². The Bertz CT molecular complexity index is 680. The number of benzene rings is 1. The van der Waals surface area contributed by atoms with E-state index in [-0.39, 0.29) is 13.0 Å². The molecule has 2 heterocycles. The second kappa shape index (κ2) is 7.83. The second-order valence-electron chi connectivity index (χ2n) is 6.86. The third-order valence-electron chi connectivity index (χ3n) is 5.18. The summed E-state index contributed by atoms with van der Waals surface area (Å²) in [5.41, 5.74) is 1.04. The van der Waals surface area contributed by atoms with Gasteiger partial charge in [-0.2, -0.15) is 0 Å². The number of anilines is 1. The normalized spacial score (nSPS) is 26.0. The van der Waals surface area contributed by atoms with E-state index in [4.69, 9.17) is 0 Å². The van der Waals surface area contributed by atoms with Crippen LogP contribution in [0.25, 0.3) is 0 Å². The third kappa shape index (κ3) is 3.97. The number of aliphatic hydroxyl groups excluding tert-OH is 1. The maximum absolute atomic E-state index is 13.0. The van der Waals surface area contributed by atoms with Crippen molar-refractivity contribution < 1.29 is 29.7 Å². The Morgan fingerprint density at radius 2 is 1.59 bits per heavy atom. The van der Waals surface area contributed by atoms with Gasteiger partial charge in [0.05, 0.1) is 18.6 Å². The first-order chi connectivity index (χ1) is 12.9. The number of carboxylic acids is 1. The summed E-state index contributed by atoms with van der Waals surface area (Å²) < 4.78 is 0. The predicted octanol–water partition coefficient (Wildman–Crippen LogP) is 0.149. The number of hydrogen-bond acceptors (Lipinski definition) is 5. The lowest BCUT2D eigenvalue weighted by Crippen LogP contribution is -2.63. The van der Waals surface area contributed by atoms with Gasteiger partial charge in [0.25, 0.3) is 0 Å². The van der Waals surface area contributed by atoms with Crippen LogP contribution in [0.15, 0.2) is 30.3 Å².